The highest BCUT2D eigenvalue weighted by molar-refractivity contribution is 7.16. The number of benzene rings is 2. The van der Waals surface area contributed by atoms with E-state index in [1.54, 1.807) is 4.57 Å². The molecule has 0 saturated heterocycles. The molecule has 1 heterocycles. The van der Waals surface area contributed by atoms with Crippen molar-refractivity contribution in [3.63, 3.8) is 0 Å². The number of thiazole rings is 1. The Balaban J connectivity index is 1.85. The molecule has 0 aliphatic heterocycles. The van der Waals surface area contributed by atoms with Crippen LogP contribution in [0.5, 0.6) is 5.75 Å². The van der Waals surface area contributed by atoms with E-state index in [0.717, 1.165) is 10.2 Å². The van der Waals surface area contributed by atoms with Gasteiger partial charge < -0.3 is 14.0 Å². The van der Waals surface area contributed by atoms with Crippen molar-refractivity contribution < 1.29 is 19.1 Å². The fourth-order valence-electron chi connectivity index (χ4n) is 2.82. The third kappa shape index (κ3) is 5.32. The van der Waals surface area contributed by atoms with Crippen LogP contribution in [0, 0.1) is 0 Å². The van der Waals surface area contributed by atoms with Crippen LogP contribution in [0.3, 0.4) is 0 Å². The first-order valence-electron chi connectivity index (χ1n) is 9.43. The van der Waals surface area contributed by atoms with Crippen LogP contribution in [0.1, 0.15) is 31.7 Å². The molecule has 2 aromatic carbocycles. The number of ether oxygens (including phenoxy) is 2. The summed E-state index contributed by atoms with van der Waals surface area (Å²) in [6.07, 6.45) is 0.151. The van der Waals surface area contributed by atoms with Crippen molar-refractivity contribution in [3.05, 3.63) is 58.9 Å². The smallest absolute Gasteiger partial charge is 0.325 e. The Hall–Kier alpha value is -2.93. The van der Waals surface area contributed by atoms with Crippen LogP contribution < -0.4 is 9.54 Å². The Labute approximate surface area is 173 Å². The minimum absolute atomic E-state index is 0.00412. The van der Waals surface area contributed by atoms with E-state index < -0.39 is 0 Å². The largest absolute Gasteiger partial charge is 0.493 e. The highest BCUT2D eigenvalue weighted by atomic mass is 32.1. The monoisotopic (exact) mass is 412 g/mol. The first kappa shape index (κ1) is 20.8. The molecule has 0 radical (unpaired) electrons. The SMILES string of the molecule is COC(=O)Cn1c(=NC(=O)CCOc2ccccc2)sc2cc(C(C)C)ccc21. The number of aromatic nitrogens is 1. The van der Waals surface area contributed by atoms with Gasteiger partial charge >= 0.3 is 5.97 Å². The molecule has 3 aromatic rings. The number of hydrogen-bond acceptors (Lipinski definition) is 5. The second-order valence-corrected chi connectivity index (χ2v) is 7.85. The quantitative estimate of drug-likeness (QED) is 0.552. The lowest BCUT2D eigenvalue weighted by Gasteiger charge is -2.06. The number of amides is 1. The van der Waals surface area contributed by atoms with Crippen molar-refractivity contribution in [3.8, 4) is 5.75 Å². The van der Waals surface area contributed by atoms with Gasteiger partial charge in [0.05, 0.1) is 30.4 Å². The average Bonchev–Trinajstić information content (AvgIpc) is 3.04. The summed E-state index contributed by atoms with van der Waals surface area (Å²) in [5.74, 6) is 0.408. The molecule has 0 N–H and O–H groups in total. The van der Waals surface area contributed by atoms with Gasteiger partial charge in [-0.2, -0.15) is 4.99 Å². The fourth-order valence-corrected chi connectivity index (χ4v) is 3.91. The van der Waals surface area contributed by atoms with Gasteiger partial charge in [0.2, 0.25) is 0 Å². The van der Waals surface area contributed by atoms with E-state index in [2.05, 4.69) is 24.9 Å². The van der Waals surface area contributed by atoms with Gasteiger partial charge in [-0.1, -0.05) is 49.4 Å². The Morgan fingerprint density at radius 3 is 2.59 bits per heavy atom. The summed E-state index contributed by atoms with van der Waals surface area (Å²) in [4.78, 5) is 29.0. The molecular weight excluding hydrogens is 388 g/mol. The van der Waals surface area contributed by atoms with Gasteiger partial charge in [0.1, 0.15) is 12.3 Å². The van der Waals surface area contributed by atoms with Gasteiger partial charge in [-0.15, -0.1) is 0 Å². The fraction of sp³-hybridized carbons (Fsp3) is 0.318. The summed E-state index contributed by atoms with van der Waals surface area (Å²) in [5, 5.41) is 0. The number of fused-ring (bicyclic) bond motifs is 1. The highest BCUT2D eigenvalue weighted by Gasteiger charge is 2.13. The van der Waals surface area contributed by atoms with Crippen LogP contribution in [0.25, 0.3) is 10.2 Å². The molecule has 0 saturated carbocycles. The molecule has 29 heavy (non-hydrogen) atoms. The number of carbonyl (C=O) groups is 2. The van der Waals surface area contributed by atoms with Gasteiger partial charge in [0, 0.05) is 0 Å². The molecule has 6 nitrogen and oxygen atoms in total. The first-order chi connectivity index (χ1) is 14.0. The van der Waals surface area contributed by atoms with Gasteiger partial charge in [-0.25, -0.2) is 0 Å². The van der Waals surface area contributed by atoms with Crippen molar-refractivity contribution in [1.29, 1.82) is 0 Å². The van der Waals surface area contributed by atoms with Crippen molar-refractivity contribution in [1.82, 2.24) is 4.57 Å². The summed E-state index contributed by atoms with van der Waals surface area (Å²) in [6.45, 7) is 4.49. The van der Waals surface area contributed by atoms with E-state index >= 15 is 0 Å². The first-order valence-corrected chi connectivity index (χ1v) is 10.2. The minimum atomic E-state index is -0.390. The van der Waals surface area contributed by atoms with E-state index in [4.69, 9.17) is 9.47 Å². The zero-order chi connectivity index (χ0) is 20.8. The Morgan fingerprint density at radius 2 is 1.90 bits per heavy atom. The van der Waals surface area contributed by atoms with Crippen LogP contribution in [0.4, 0.5) is 0 Å². The molecule has 0 aliphatic rings. The molecule has 0 spiro atoms. The molecule has 152 valence electrons. The van der Waals surface area contributed by atoms with Crippen molar-refractivity contribution in [2.24, 2.45) is 4.99 Å². The van der Waals surface area contributed by atoms with E-state index in [9.17, 15) is 9.59 Å². The summed E-state index contributed by atoms with van der Waals surface area (Å²) < 4.78 is 13.1. The summed E-state index contributed by atoms with van der Waals surface area (Å²) >= 11 is 1.39. The molecule has 0 atom stereocenters. The lowest BCUT2D eigenvalue weighted by atomic mass is 10.0. The zero-order valence-corrected chi connectivity index (χ0v) is 17.6. The van der Waals surface area contributed by atoms with Crippen LogP contribution in [0.2, 0.25) is 0 Å². The maximum absolute atomic E-state index is 12.4. The summed E-state index contributed by atoms with van der Waals surface area (Å²) in [5.41, 5.74) is 2.05. The lowest BCUT2D eigenvalue weighted by molar-refractivity contribution is -0.141. The molecular formula is C22H24N2O4S. The molecule has 0 fully saturated rings. The lowest BCUT2D eigenvalue weighted by Crippen LogP contribution is -2.22. The normalized spacial score (nSPS) is 11.8. The van der Waals surface area contributed by atoms with Crippen molar-refractivity contribution in [2.75, 3.05) is 13.7 Å². The maximum atomic E-state index is 12.4. The Kier molecular flexibility index (Phi) is 6.82. The second kappa shape index (κ2) is 9.52. The summed E-state index contributed by atoms with van der Waals surface area (Å²) in [6, 6.07) is 15.4. The van der Waals surface area contributed by atoms with Crippen molar-refractivity contribution in [2.45, 2.75) is 32.7 Å². The van der Waals surface area contributed by atoms with E-state index in [-0.39, 0.29) is 31.4 Å². The summed E-state index contributed by atoms with van der Waals surface area (Å²) in [7, 11) is 1.34. The van der Waals surface area contributed by atoms with Crippen LogP contribution in [-0.4, -0.2) is 30.2 Å². The third-order valence-corrected chi connectivity index (χ3v) is 5.48. The molecule has 3 rings (SSSR count). The van der Waals surface area contributed by atoms with E-state index in [1.165, 1.54) is 24.0 Å². The number of nitrogens with zero attached hydrogens (tertiary/aromatic N) is 2. The topological polar surface area (TPSA) is 69.9 Å². The van der Waals surface area contributed by atoms with Gasteiger partial charge in [0.15, 0.2) is 4.80 Å². The Morgan fingerprint density at radius 1 is 1.14 bits per heavy atom. The molecule has 1 amide bonds. The number of para-hydroxylation sites is 1. The predicted molar refractivity (Wildman–Crippen MR) is 113 cm³/mol. The molecule has 7 heteroatoms. The number of rotatable bonds is 7. The number of hydrogen-bond donors (Lipinski definition) is 0. The number of methoxy groups -OCH3 is 1. The molecule has 0 aliphatic carbocycles. The second-order valence-electron chi connectivity index (χ2n) is 6.85. The van der Waals surface area contributed by atoms with E-state index in [1.807, 2.05) is 42.5 Å². The average molecular weight is 413 g/mol. The number of esters is 1. The van der Waals surface area contributed by atoms with Gasteiger partial charge in [0.25, 0.3) is 5.91 Å². The third-order valence-electron chi connectivity index (χ3n) is 4.44. The maximum Gasteiger partial charge on any atom is 0.325 e. The molecule has 0 unspecified atom stereocenters. The van der Waals surface area contributed by atoms with Crippen LogP contribution >= 0.6 is 11.3 Å². The zero-order valence-electron chi connectivity index (χ0n) is 16.8. The van der Waals surface area contributed by atoms with E-state index in [0.29, 0.717) is 16.5 Å². The van der Waals surface area contributed by atoms with Crippen LogP contribution in [0.15, 0.2) is 53.5 Å². The van der Waals surface area contributed by atoms with Crippen LogP contribution in [-0.2, 0) is 20.9 Å². The highest BCUT2D eigenvalue weighted by Crippen LogP contribution is 2.23. The standard InChI is InChI=1S/C22H24N2O4S/c1-15(2)16-9-10-18-19(13-16)29-22(24(18)14-21(26)27-3)23-20(25)11-12-28-17-7-5-4-6-8-17/h4-10,13,15H,11-12,14H2,1-3H3. The predicted octanol–water partition coefficient (Wildman–Crippen LogP) is 3.90. The molecule has 0 bridgehead atoms. The van der Waals surface area contributed by atoms with Gasteiger partial charge in [-0.3, -0.25) is 9.59 Å². The number of carbonyl (C=O) groups excluding carboxylic acids is 2. The van der Waals surface area contributed by atoms with Gasteiger partial charge in [-0.05, 0) is 35.7 Å². The molecule has 1 aromatic heterocycles. The van der Waals surface area contributed by atoms with Crippen molar-refractivity contribution >= 4 is 33.4 Å². The Bertz CT molecular complexity index is 1070. The minimum Gasteiger partial charge on any atom is -0.493 e.